The molecule has 0 aliphatic carbocycles. The largest absolute Gasteiger partial charge is 0.495 e. The van der Waals surface area contributed by atoms with Crippen molar-refractivity contribution in [1.29, 1.82) is 0 Å². The third kappa shape index (κ3) is 4.45. The summed E-state index contributed by atoms with van der Waals surface area (Å²) in [6, 6.07) is 12.1. The predicted octanol–water partition coefficient (Wildman–Crippen LogP) is 3.25. The maximum absolute atomic E-state index is 13.2. The third-order valence-electron chi connectivity index (χ3n) is 4.37. The smallest absolute Gasteiger partial charge is 0.238 e. The van der Waals surface area contributed by atoms with Crippen molar-refractivity contribution >= 4 is 28.9 Å². The first-order chi connectivity index (χ1) is 12.6. The van der Waals surface area contributed by atoms with Crippen molar-refractivity contribution in [1.82, 2.24) is 4.90 Å². The van der Waals surface area contributed by atoms with E-state index in [1.54, 1.807) is 7.11 Å². The summed E-state index contributed by atoms with van der Waals surface area (Å²) >= 11 is 5.74. The Bertz CT molecular complexity index is 779. The van der Waals surface area contributed by atoms with Crippen molar-refractivity contribution in [2.24, 2.45) is 0 Å². The van der Waals surface area contributed by atoms with E-state index >= 15 is 0 Å². The maximum atomic E-state index is 13.2. The van der Waals surface area contributed by atoms with Crippen LogP contribution in [-0.2, 0) is 4.79 Å². The Morgan fingerprint density at radius 1 is 1.19 bits per heavy atom. The molecule has 5 nitrogen and oxygen atoms in total. The van der Waals surface area contributed by atoms with Crippen LogP contribution in [0.4, 0.5) is 15.8 Å². The highest BCUT2D eigenvalue weighted by atomic mass is 35.5. The monoisotopic (exact) mass is 377 g/mol. The molecular weight excluding hydrogens is 357 g/mol. The van der Waals surface area contributed by atoms with Gasteiger partial charge in [-0.3, -0.25) is 9.69 Å². The molecule has 0 saturated carbocycles. The Balaban J connectivity index is 1.52. The third-order valence-corrected chi connectivity index (χ3v) is 4.66. The second kappa shape index (κ2) is 8.38. The van der Waals surface area contributed by atoms with Crippen molar-refractivity contribution in [2.45, 2.75) is 0 Å². The van der Waals surface area contributed by atoms with Gasteiger partial charge in [0.2, 0.25) is 5.91 Å². The van der Waals surface area contributed by atoms with Gasteiger partial charge < -0.3 is 15.0 Å². The number of rotatable bonds is 5. The highest BCUT2D eigenvalue weighted by Crippen LogP contribution is 2.28. The number of anilines is 2. The first-order valence-corrected chi connectivity index (χ1v) is 8.80. The zero-order valence-electron chi connectivity index (χ0n) is 14.5. The number of amides is 1. The Morgan fingerprint density at radius 3 is 2.62 bits per heavy atom. The average molecular weight is 378 g/mol. The fraction of sp³-hybridized carbons (Fsp3) is 0.316. The van der Waals surface area contributed by atoms with Crippen LogP contribution in [0, 0.1) is 5.82 Å². The number of hydrogen-bond donors (Lipinski definition) is 1. The zero-order chi connectivity index (χ0) is 18.5. The number of nitrogens with one attached hydrogen (secondary N) is 1. The fourth-order valence-corrected chi connectivity index (χ4v) is 3.20. The number of nitrogens with zero attached hydrogens (tertiary/aromatic N) is 2. The van der Waals surface area contributed by atoms with E-state index in [1.165, 1.54) is 18.2 Å². The van der Waals surface area contributed by atoms with Crippen LogP contribution >= 0.6 is 11.6 Å². The normalized spacial score (nSPS) is 15.0. The Labute approximate surface area is 157 Å². The zero-order valence-corrected chi connectivity index (χ0v) is 15.3. The summed E-state index contributed by atoms with van der Waals surface area (Å²) in [5, 5.41) is 2.75. The van der Waals surface area contributed by atoms with Gasteiger partial charge in [0.1, 0.15) is 11.6 Å². The fourth-order valence-electron chi connectivity index (χ4n) is 3.02. The van der Waals surface area contributed by atoms with Crippen LogP contribution in [0.25, 0.3) is 0 Å². The van der Waals surface area contributed by atoms with Gasteiger partial charge in [-0.05, 0) is 30.3 Å². The van der Waals surface area contributed by atoms with Crippen molar-refractivity contribution in [2.75, 3.05) is 50.1 Å². The second-order valence-electron chi connectivity index (χ2n) is 6.11. The molecule has 1 N–H and O–H groups in total. The molecule has 0 radical (unpaired) electrons. The number of para-hydroxylation sites is 2. The van der Waals surface area contributed by atoms with Gasteiger partial charge >= 0.3 is 0 Å². The number of hydrogen-bond acceptors (Lipinski definition) is 4. The van der Waals surface area contributed by atoms with Crippen molar-refractivity contribution < 1.29 is 13.9 Å². The van der Waals surface area contributed by atoms with E-state index < -0.39 is 5.82 Å². The molecule has 2 aromatic carbocycles. The number of ether oxygens (including phenoxy) is 1. The lowest BCUT2D eigenvalue weighted by Gasteiger charge is -2.36. The maximum Gasteiger partial charge on any atom is 0.238 e. The van der Waals surface area contributed by atoms with Crippen LogP contribution in [-0.4, -0.2) is 50.6 Å². The van der Waals surface area contributed by atoms with E-state index in [1.807, 2.05) is 24.3 Å². The molecule has 0 bridgehead atoms. The molecule has 1 amide bonds. The Morgan fingerprint density at radius 2 is 1.92 bits per heavy atom. The van der Waals surface area contributed by atoms with Crippen LogP contribution in [0.15, 0.2) is 42.5 Å². The molecule has 1 aliphatic heterocycles. The highest BCUT2D eigenvalue weighted by Gasteiger charge is 2.21. The lowest BCUT2D eigenvalue weighted by molar-refractivity contribution is -0.117. The molecule has 0 unspecified atom stereocenters. The Hall–Kier alpha value is -2.31. The minimum absolute atomic E-state index is 0.00628. The number of carbonyl (C=O) groups excluding carboxylic acids is 1. The molecule has 1 fully saturated rings. The number of halogens is 2. The first-order valence-electron chi connectivity index (χ1n) is 8.42. The quantitative estimate of drug-likeness (QED) is 0.868. The predicted molar refractivity (Wildman–Crippen MR) is 102 cm³/mol. The lowest BCUT2D eigenvalue weighted by Crippen LogP contribution is -2.48. The van der Waals surface area contributed by atoms with Gasteiger partial charge in [-0.25, -0.2) is 4.39 Å². The van der Waals surface area contributed by atoms with E-state index in [4.69, 9.17) is 16.3 Å². The summed E-state index contributed by atoms with van der Waals surface area (Å²) in [5.41, 5.74) is 1.56. The molecule has 7 heteroatoms. The topological polar surface area (TPSA) is 44.8 Å². The van der Waals surface area contributed by atoms with Crippen LogP contribution in [0.2, 0.25) is 5.02 Å². The van der Waals surface area contributed by atoms with Crippen LogP contribution in [0.5, 0.6) is 5.75 Å². The molecule has 2 aromatic rings. The summed E-state index contributed by atoms with van der Waals surface area (Å²) in [6.45, 7) is 3.46. The van der Waals surface area contributed by atoms with Gasteiger partial charge in [0.25, 0.3) is 0 Å². The van der Waals surface area contributed by atoms with Gasteiger partial charge in [0.15, 0.2) is 0 Å². The minimum atomic E-state index is -0.503. The molecular formula is C19H21ClFN3O2. The molecule has 26 heavy (non-hydrogen) atoms. The summed E-state index contributed by atoms with van der Waals surface area (Å²) in [7, 11) is 1.67. The van der Waals surface area contributed by atoms with Gasteiger partial charge in [-0.1, -0.05) is 23.7 Å². The number of benzene rings is 2. The highest BCUT2D eigenvalue weighted by molar-refractivity contribution is 6.31. The van der Waals surface area contributed by atoms with Crippen LogP contribution in [0.1, 0.15) is 0 Å². The molecule has 0 spiro atoms. The van der Waals surface area contributed by atoms with E-state index in [-0.39, 0.29) is 17.5 Å². The summed E-state index contributed by atoms with van der Waals surface area (Å²) < 4.78 is 18.6. The SMILES string of the molecule is COc1ccccc1N1CCN(CC(=O)Nc2ccc(F)c(Cl)c2)CC1. The van der Waals surface area contributed by atoms with E-state index in [0.717, 1.165) is 37.6 Å². The lowest BCUT2D eigenvalue weighted by atomic mass is 10.2. The summed E-state index contributed by atoms with van der Waals surface area (Å²) in [4.78, 5) is 16.6. The van der Waals surface area contributed by atoms with Crippen LogP contribution in [0.3, 0.4) is 0 Å². The van der Waals surface area contributed by atoms with Crippen molar-refractivity contribution in [3.05, 3.63) is 53.3 Å². The van der Waals surface area contributed by atoms with Crippen molar-refractivity contribution in [3.8, 4) is 5.75 Å². The summed E-state index contributed by atoms with van der Waals surface area (Å²) in [5.74, 6) is 0.211. The van der Waals surface area contributed by atoms with Gasteiger partial charge in [-0.2, -0.15) is 0 Å². The average Bonchev–Trinajstić information content (AvgIpc) is 2.65. The first kappa shape index (κ1) is 18.5. The standard InChI is InChI=1S/C19H21ClFN3O2/c1-26-18-5-3-2-4-17(18)24-10-8-23(9-11-24)13-19(25)22-14-6-7-16(21)15(20)12-14/h2-7,12H,8-11,13H2,1H3,(H,22,25). The molecule has 1 aliphatic rings. The van der Waals surface area contributed by atoms with Gasteiger partial charge in [0, 0.05) is 31.9 Å². The van der Waals surface area contributed by atoms with E-state index in [0.29, 0.717) is 5.69 Å². The minimum Gasteiger partial charge on any atom is -0.495 e. The molecule has 1 heterocycles. The molecule has 138 valence electrons. The number of carbonyl (C=O) groups is 1. The van der Waals surface area contributed by atoms with Gasteiger partial charge in [0.05, 0.1) is 24.4 Å². The van der Waals surface area contributed by atoms with Crippen molar-refractivity contribution in [3.63, 3.8) is 0 Å². The molecule has 0 aromatic heterocycles. The van der Waals surface area contributed by atoms with Gasteiger partial charge in [-0.15, -0.1) is 0 Å². The molecule has 3 rings (SSSR count). The van der Waals surface area contributed by atoms with Crippen LogP contribution < -0.4 is 15.0 Å². The molecule has 0 atom stereocenters. The Kier molecular flexibility index (Phi) is 5.96. The number of methoxy groups -OCH3 is 1. The molecule has 1 saturated heterocycles. The number of piperazine rings is 1. The summed E-state index contributed by atoms with van der Waals surface area (Å²) in [6.07, 6.45) is 0. The second-order valence-corrected chi connectivity index (χ2v) is 6.52. The van der Waals surface area contributed by atoms with E-state index in [9.17, 15) is 9.18 Å². The van der Waals surface area contributed by atoms with E-state index in [2.05, 4.69) is 15.1 Å².